The molecule has 0 unspecified atom stereocenters. The summed E-state index contributed by atoms with van der Waals surface area (Å²) in [4.78, 5) is 13.6. The fourth-order valence-electron chi connectivity index (χ4n) is 0.219. The van der Waals surface area contributed by atoms with Crippen molar-refractivity contribution in [1.29, 1.82) is 0 Å². The van der Waals surface area contributed by atoms with Crippen LogP contribution < -0.4 is 5.73 Å². The van der Waals surface area contributed by atoms with Crippen molar-refractivity contribution in [1.82, 2.24) is 0 Å². The zero-order valence-corrected chi connectivity index (χ0v) is 4.72. The number of aliphatic imine (C=N–C) groups is 1. The minimum absolute atomic E-state index is 0.259. The van der Waals surface area contributed by atoms with E-state index >= 15 is 0 Å². The van der Waals surface area contributed by atoms with Crippen molar-refractivity contribution in [2.24, 2.45) is 10.7 Å². The monoisotopic (exact) mass is 112 g/mol. The van der Waals surface area contributed by atoms with E-state index in [0.717, 1.165) is 6.08 Å². The Hall–Kier alpha value is -1.12. The van der Waals surface area contributed by atoms with Crippen LogP contribution in [-0.2, 0) is 4.79 Å². The zero-order valence-electron chi connectivity index (χ0n) is 4.72. The van der Waals surface area contributed by atoms with Crippen LogP contribution >= 0.6 is 0 Å². The second-order valence-corrected chi connectivity index (χ2v) is 1.30. The summed E-state index contributed by atoms with van der Waals surface area (Å²) in [7, 11) is 0. The fourth-order valence-corrected chi connectivity index (χ4v) is 0.219. The highest BCUT2D eigenvalue weighted by molar-refractivity contribution is 5.97. The van der Waals surface area contributed by atoms with E-state index in [1.807, 2.05) is 0 Å². The number of rotatable bonds is 1. The highest BCUT2D eigenvalue weighted by atomic mass is 16.1. The summed E-state index contributed by atoms with van der Waals surface area (Å²) in [6.07, 6.45) is 1.11. The largest absolute Gasteiger partial charge is 0.387 e. The maximum Gasteiger partial charge on any atom is 0.270 e. The number of nitrogens with zero attached hydrogens (tertiary/aromatic N) is 1. The van der Waals surface area contributed by atoms with Gasteiger partial charge in [0.25, 0.3) is 5.91 Å². The van der Waals surface area contributed by atoms with Gasteiger partial charge < -0.3 is 5.73 Å². The molecule has 3 heteroatoms. The fraction of sp³-hybridized carbons (Fsp3) is 0.200. The van der Waals surface area contributed by atoms with Crippen LogP contribution in [0.4, 0.5) is 0 Å². The normalized spacial score (nSPS) is 10.9. The summed E-state index contributed by atoms with van der Waals surface area (Å²) in [5.41, 5.74) is 5.05. The first kappa shape index (κ1) is 6.88. The minimum atomic E-state index is -0.398. The highest BCUT2D eigenvalue weighted by Crippen LogP contribution is 1.73. The summed E-state index contributed by atoms with van der Waals surface area (Å²) >= 11 is 0. The van der Waals surface area contributed by atoms with Gasteiger partial charge in [0.05, 0.1) is 0 Å². The van der Waals surface area contributed by atoms with Crippen molar-refractivity contribution >= 4 is 11.7 Å². The maximum absolute atomic E-state index is 10.2. The van der Waals surface area contributed by atoms with Crippen LogP contribution in [0.15, 0.2) is 17.6 Å². The van der Waals surface area contributed by atoms with Gasteiger partial charge in [0.1, 0.15) is 5.84 Å². The summed E-state index contributed by atoms with van der Waals surface area (Å²) in [5, 5.41) is 0. The molecule has 1 amide bonds. The smallest absolute Gasteiger partial charge is 0.270 e. The molecular formula is C5H8N2O. The average Bonchev–Trinajstić information content (AvgIpc) is 1.65. The van der Waals surface area contributed by atoms with E-state index in [1.165, 1.54) is 0 Å². The van der Waals surface area contributed by atoms with Gasteiger partial charge in [-0.3, -0.25) is 4.79 Å². The molecule has 0 aromatic rings. The van der Waals surface area contributed by atoms with Crippen LogP contribution in [0, 0.1) is 0 Å². The first-order chi connectivity index (χ1) is 3.66. The van der Waals surface area contributed by atoms with Crippen LogP contribution in [0.25, 0.3) is 0 Å². The molecule has 0 aliphatic heterocycles. The zero-order chi connectivity index (χ0) is 6.57. The summed E-state index contributed by atoms with van der Waals surface area (Å²) < 4.78 is 0. The van der Waals surface area contributed by atoms with Gasteiger partial charge in [0, 0.05) is 0 Å². The van der Waals surface area contributed by atoms with Crippen molar-refractivity contribution in [2.75, 3.05) is 0 Å². The standard InChI is InChI=1S/C5H8N2O/c1-3-5(8)7-4(2)6/h3H,1H2,2H3,(H2,6,7,8). The molecule has 0 aliphatic carbocycles. The van der Waals surface area contributed by atoms with Gasteiger partial charge in [0.2, 0.25) is 0 Å². The molecule has 0 fully saturated rings. The lowest BCUT2D eigenvalue weighted by Crippen LogP contribution is -2.07. The number of carbonyl (C=O) groups excluding carboxylic acids is 1. The molecular weight excluding hydrogens is 104 g/mol. The Bertz CT molecular complexity index is 133. The van der Waals surface area contributed by atoms with Crippen molar-refractivity contribution in [2.45, 2.75) is 6.92 Å². The molecule has 0 aromatic carbocycles. The quantitative estimate of drug-likeness (QED) is 0.296. The van der Waals surface area contributed by atoms with Gasteiger partial charge in [-0.2, -0.15) is 4.99 Å². The first-order valence-electron chi connectivity index (χ1n) is 2.14. The lowest BCUT2D eigenvalue weighted by molar-refractivity contribution is -0.113. The van der Waals surface area contributed by atoms with Crippen molar-refractivity contribution < 1.29 is 4.79 Å². The van der Waals surface area contributed by atoms with Crippen molar-refractivity contribution in [3.05, 3.63) is 12.7 Å². The number of amidine groups is 1. The molecule has 0 saturated heterocycles. The molecule has 44 valence electrons. The van der Waals surface area contributed by atoms with E-state index in [4.69, 9.17) is 5.73 Å². The molecule has 0 atom stereocenters. The van der Waals surface area contributed by atoms with E-state index in [2.05, 4.69) is 11.6 Å². The number of nitrogens with two attached hydrogens (primary N) is 1. The second kappa shape index (κ2) is 2.96. The van der Waals surface area contributed by atoms with Gasteiger partial charge in [0.15, 0.2) is 0 Å². The Kier molecular flexibility index (Phi) is 2.54. The number of amides is 1. The second-order valence-electron chi connectivity index (χ2n) is 1.30. The van der Waals surface area contributed by atoms with Gasteiger partial charge in [-0.1, -0.05) is 6.58 Å². The van der Waals surface area contributed by atoms with E-state index in [0.29, 0.717) is 0 Å². The van der Waals surface area contributed by atoms with Gasteiger partial charge >= 0.3 is 0 Å². The summed E-state index contributed by atoms with van der Waals surface area (Å²) in [6.45, 7) is 4.74. The highest BCUT2D eigenvalue weighted by Gasteiger charge is 1.85. The molecule has 3 nitrogen and oxygen atoms in total. The Morgan fingerprint density at radius 2 is 2.38 bits per heavy atom. The molecule has 0 heterocycles. The van der Waals surface area contributed by atoms with Crippen molar-refractivity contribution in [3.63, 3.8) is 0 Å². The Morgan fingerprint density at radius 3 is 2.50 bits per heavy atom. The Labute approximate surface area is 47.9 Å². The molecule has 0 rings (SSSR count). The average molecular weight is 112 g/mol. The van der Waals surface area contributed by atoms with E-state index in [-0.39, 0.29) is 5.84 Å². The first-order valence-corrected chi connectivity index (χ1v) is 2.14. The van der Waals surface area contributed by atoms with Crippen LogP contribution in [0.3, 0.4) is 0 Å². The molecule has 0 bridgehead atoms. The molecule has 0 aromatic heterocycles. The Balaban J connectivity index is 3.89. The third kappa shape index (κ3) is 3.08. The summed E-state index contributed by atoms with van der Waals surface area (Å²) in [6, 6.07) is 0. The molecule has 2 N–H and O–H groups in total. The van der Waals surface area contributed by atoms with Crippen LogP contribution in [0.2, 0.25) is 0 Å². The number of hydrogen-bond donors (Lipinski definition) is 1. The number of hydrogen-bond acceptors (Lipinski definition) is 1. The maximum atomic E-state index is 10.2. The Morgan fingerprint density at radius 1 is 1.88 bits per heavy atom. The molecule has 0 radical (unpaired) electrons. The van der Waals surface area contributed by atoms with Gasteiger partial charge in [-0.05, 0) is 13.0 Å². The van der Waals surface area contributed by atoms with E-state index in [9.17, 15) is 4.79 Å². The van der Waals surface area contributed by atoms with Crippen LogP contribution in [-0.4, -0.2) is 11.7 Å². The number of carbonyl (C=O) groups is 1. The van der Waals surface area contributed by atoms with Crippen molar-refractivity contribution in [3.8, 4) is 0 Å². The molecule has 0 spiro atoms. The van der Waals surface area contributed by atoms with Gasteiger partial charge in [-0.25, -0.2) is 0 Å². The topological polar surface area (TPSA) is 55.5 Å². The minimum Gasteiger partial charge on any atom is -0.387 e. The third-order valence-electron chi connectivity index (χ3n) is 0.461. The SMILES string of the molecule is C=CC(=O)N=C(C)N. The molecule has 0 saturated carbocycles. The predicted molar refractivity (Wildman–Crippen MR) is 32.5 cm³/mol. The van der Waals surface area contributed by atoms with Gasteiger partial charge in [-0.15, -0.1) is 0 Å². The summed E-state index contributed by atoms with van der Waals surface area (Å²) in [5.74, 6) is -0.139. The third-order valence-corrected chi connectivity index (χ3v) is 0.461. The van der Waals surface area contributed by atoms with Crippen LogP contribution in [0.1, 0.15) is 6.92 Å². The van der Waals surface area contributed by atoms with E-state index < -0.39 is 5.91 Å². The molecule has 8 heavy (non-hydrogen) atoms. The lowest BCUT2D eigenvalue weighted by atomic mass is 10.6. The lowest BCUT2D eigenvalue weighted by Gasteiger charge is -1.82. The molecule has 0 aliphatic rings. The van der Waals surface area contributed by atoms with E-state index in [1.54, 1.807) is 6.92 Å². The van der Waals surface area contributed by atoms with Crippen LogP contribution in [0.5, 0.6) is 0 Å². The predicted octanol–water partition coefficient (Wildman–Crippen LogP) is 0.0761.